The van der Waals surface area contributed by atoms with Gasteiger partial charge in [0, 0.05) is 0 Å². The van der Waals surface area contributed by atoms with Gasteiger partial charge in [0.1, 0.15) is 36.9 Å². The molecule has 6 aromatic carbocycles. The van der Waals surface area contributed by atoms with Crippen LogP contribution in [0.5, 0.6) is 11.5 Å². The first-order chi connectivity index (χ1) is 21.3. The van der Waals surface area contributed by atoms with E-state index < -0.39 is 5.41 Å². The van der Waals surface area contributed by atoms with Gasteiger partial charge < -0.3 is 18.9 Å². The minimum atomic E-state index is -0.527. The van der Waals surface area contributed by atoms with Crippen molar-refractivity contribution in [2.45, 2.75) is 17.6 Å². The van der Waals surface area contributed by atoms with Gasteiger partial charge in [-0.1, -0.05) is 97.1 Å². The number of ether oxygens (including phenoxy) is 4. The maximum Gasteiger partial charge on any atom is 0.120 e. The summed E-state index contributed by atoms with van der Waals surface area (Å²) in [6, 6.07) is 44.2. The Balaban J connectivity index is 1.30. The van der Waals surface area contributed by atoms with E-state index in [1.165, 1.54) is 44.2 Å². The van der Waals surface area contributed by atoms with Gasteiger partial charge in [0.15, 0.2) is 0 Å². The predicted molar refractivity (Wildman–Crippen MR) is 169 cm³/mol. The lowest BCUT2D eigenvalue weighted by Crippen LogP contribution is -2.29. The van der Waals surface area contributed by atoms with Gasteiger partial charge in [0.05, 0.1) is 18.6 Å². The number of hydrogen-bond donors (Lipinski definition) is 0. The number of hydrogen-bond acceptors (Lipinski definition) is 4. The van der Waals surface area contributed by atoms with Crippen molar-refractivity contribution in [3.05, 3.63) is 144 Å². The van der Waals surface area contributed by atoms with Crippen molar-refractivity contribution < 1.29 is 18.9 Å². The number of rotatable bonds is 8. The van der Waals surface area contributed by atoms with Crippen molar-refractivity contribution in [3.63, 3.8) is 0 Å². The van der Waals surface area contributed by atoms with Crippen LogP contribution in [-0.4, -0.2) is 38.6 Å². The summed E-state index contributed by atoms with van der Waals surface area (Å²) >= 11 is 0. The van der Waals surface area contributed by atoms with Gasteiger partial charge in [0.25, 0.3) is 0 Å². The maximum atomic E-state index is 6.09. The van der Waals surface area contributed by atoms with Crippen molar-refractivity contribution in [2.75, 3.05) is 26.4 Å². The molecule has 3 aliphatic rings. The molecule has 9 rings (SSSR count). The second kappa shape index (κ2) is 9.70. The summed E-state index contributed by atoms with van der Waals surface area (Å²) in [7, 11) is 0. The SMILES string of the molecule is c1ccc2c(c1)-c1ccccc1C2(c1cccc2cc(OCC3CO3)ccc12)c1cccc2cc(OCC3CO3)ccc12. The van der Waals surface area contributed by atoms with E-state index in [0.717, 1.165) is 35.5 Å². The van der Waals surface area contributed by atoms with Gasteiger partial charge in [0.2, 0.25) is 0 Å². The lowest BCUT2D eigenvalue weighted by atomic mass is 9.65. The smallest absolute Gasteiger partial charge is 0.120 e. The van der Waals surface area contributed by atoms with Crippen molar-refractivity contribution >= 4 is 21.5 Å². The van der Waals surface area contributed by atoms with Crippen LogP contribution < -0.4 is 9.47 Å². The Morgan fingerprint density at radius 2 is 0.953 bits per heavy atom. The molecule has 1 aliphatic carbocycles. The van der Waals surface area contributed by atoms with E-state index in [2.05, 4.69) is 121 Å². The highest BCUT2D eigenvalue weighted by Crippen LogP contribution is 2.58. The van der Waals surface area contributed by atoms with Gasteiger partial charge in [-0.3, -0.25) is 0 Å². The van der Waals surface area contributed by atoms with Crippen LogP contribution in [-0.2, 0) is 14.9 Å². The van der Waals surface area contributed by atoms with Crippen molar-refractivity contribution in [1.29, 1.82) is 0 Å². The van der Waals surface area contributed by atoms with E-state index in [4.69, 9.17) is 18.9 Å². The third kappa shape index (κ3) is 4.05. The van der Waals surface area contributed by atoms with Gasteiger partial charge in [-0.15, -0.1) is 0 Å². The van der Waals surface area contributed by atoms with Crippen LogP contribution in [0, 0.1) is 0 Å². The summed E-state index contributed by atoms with van der Waals surface area (Å²) in [5.74, 6) is 1.74. The van der Waals surface area contributed by atoms with Crippen LogP contribution >= 0.6 is 0 Å². The monoisotopic (exact) mass is 562 g/mol. The lowest BCUT2D eigenvalue weighted by molar-refractivity contribution is 0.263. The van der Waals surface area contributed by atoms with Gasteiger partial charge >= 0.3 is 0 Å². The molecule has 2 unspecified atom stereocenters. The Morgan fingerprint density at radius 1 is 0.512 bits per heavy atom. The van der Waals surface area contributed by atoms with Gasteiger partial charge in [-0.25, -0.2) is 0 Å². The van der Waals surface area contributed by atoms with Crippen LogP contribution in [0.3, 0.4) is 0 Å². The highest BCUT2D eigenvalue weighted by Gasteiger charge is 2.47. The van der Waals surface area contributed by atoms with Gasteiger partial charge in [-0.05, 0) is 79.2 Å². The first-order valence-electron chi connectivity index (χ1n) is 15.0. The lowest BCUT2D eigenvalue weighted by Gasteiger charge is -2.36. The zero-order chi connectivity index (χ0) is 28.4. The fourth-order valence-electron chi connectivity index (χ4n) is 7.02. The Hall–Kier alpha value is -4.64. The molecule has 4 nitrogen and oxygen atoms in total. The largest absolute Gasteiger partial charge is 0.491 e. The molecule has 0 radical (unpaired) electrons. The van der Waals surface area contributed by atoms with E-state index >= 15 is 0 Å². The topological polar surface area (TPSA) is 43.5 Å². The Bertz CT molecular complexity index is 1870. The molecule has 0 spiro atoms. The van der Waals surface area contributed by atoms with Crippen LogP contribution in [0.2, 0.25) is 0 Å². The molecule has 43 heavy (non-hydrogen) atoms. The molecule has 2 saturated heterocycles. The minimum Gasteiger partial charge on any atom is -0.491 e. The van der Waals surface area contributed by atoms with E-state index in [1.54, 1.807) is 0 Å². The first-order valence-corrected chi connectivity index (χ1v) is 15.0. The summed E-state index contributed by atoms with van der Waals surface area (Å²) in [5.41, 5.74) is 7.15. The normalized spacial score (nSPS) is 19.2. The van der Waals surface area contributed by atoms with Crippen LogP contribution in [0.15, 0.2) is 121 Å². The molecule has 4 heteroatoms. The van der Waals surface area contributed by atoms with Crippen molar-refractivity contribution in [1.82, 2.24) is 0 Å². The molecule has 0 amide bonds. The summed E-state index contributed by atoms with van der Waals surface area (Å²) in [5, 5.41) is 4.74. The van der Waals surface area contributed by atoms with Gasteiger partial charge in [-0.2, -0.15) is 0 Å². The average molecular weight is 563 g/mol. The molecule has 2 fully saturated rings. The summed E-state index contributed by atoms with van der Waals surface area (Å²) < 4.78 is 22.9. The molecule has 6 aromatic rings. The standard InChI is InChI=1S/C39H30O4/c1-3-11-37-33(9-1)34-10-2-4-12-38(34)39(37,35-13-5-7-25-19-27(15-17-31(25)35)40-21-29-23-42-29)36-14-6-8-26-20-28(16-18-32(26)36)41-22-30-24-43-30/h1-20,29-30H,21-24H2. The Morgan fingerprint density at radius 3 is 1.42 bits per heavy atom. The predicted octanol–water partition coefficient (Wildman–Crippen LogP) is 7.91. The molecule has 2 heterocycles. The van der Waals surface area contributed by atoms with E-state index in [1.807, 2.05) is 0 Å². The molecular formula is C39H30O4. The molecular weight excluding hydrogens is 532 g/mol. The second-order valence-corrected chi connectivity index (χ2v) is 11.8. The second-order valence-electron chi connectivity index (χ2n) is 11.8. The molecule has 0 aromatic heterocycles. The maximum absolute atomic E-state index is 6.09. The first kappa shape index (κ1) is 24.9. The van der Waals surface area contributed by atoms with Crippen molar-refractivity contribution in [3.8, 4) is 22.6 Å². The summed E-state index contributed by atoms with van der Waals surface area (Å²) in [6.45, 7) is 2.75. The summed E-state index contributed by atoms with van der Waals surface area (Å²) in [4.78, 5) is 0. The summed E-state index contributed by atoms with van der Waals surface area (Å²) in [6.07, 6.45) is 0.437. The zero-order valence-electron chi connectivity index (χ0n) is 23.7. The Kier molecular flexibility index (Phi) is 5.62. The average Bonchev–Trinajstić information content (AvgIpc) is 4.00. The fourth-order valence-corrected chi connectivity index (χ4v) is 7.02. The molecule has 2 aliphatic heterocycles. The quantitative estimate of drug-likeness (QED) is 0.177. The number of fused-ring (bicyclic) bond motifs is 5. The van der Waals surface area contributed by atoms with E-state index in [0.29, 0.717) is 13.2 Å². The minimum absolute atomic E-state index is 0.219. The van der Waals surface area contributed by atoms with E-state index in [-0.39, 0.29) is 12.2 Å². The molecule has 0 bridgehead atoms. The van der Waals surface area contributed by atoms with Crippen LogP contribution in [0.1, 0.15) is 22.3 Å². The molecule has 0 N–H and O–H groups in total. The van der Waals surface area contributed by atoms with E-state index in [9.17, 15) is 0 Å². The third-order valence-corrected chi connectivity index (χ3v) is 9.14. The molecule has 210 valence electrons. The zero-order valence-corrected chi connectivity index (χ0v) is 23.7. The fraction of sp³-hybridized carbons (Fsp3) is 0.179. The molecule has 2 atom stereocenters. The number of benzene rings is 6. The highest BCUT2D eigenvalue weighted by molar-refractivity contribution is 5.99. The molecule has 0 saturated carbocycles. The highest BCUT2D eigenvalue weighted by atomic mass is 16.6. The third-order valence-electron chi connectivity index (χ3n) is 9.14. The van der Waals surface area contributed by atoms with Crippen LogP contribution in [0.25, 0.3) is 32.7 Å². The Labute approximate surface area is 250 Å². The van der Waals surface area contributed by atoms with Crippen LogP contribution in [0.4, 0.5) is 0 Å². The number of epoxide rings is 2. The van der Waals surface area contributed by atoms with Crippen molar-refractivity contribution in [2.24, 2.45) is 0 Å².